The number of carbonyl (C=O) groups excluding carboxylic acids is 3. The van der Waals surface area contributed by atoms with Crippen molar-refractivity contribution in [2.45, 2.75) is 57.2 Å². The molecular formula is C57H66ClN12O5P. The normalized spacial score (nSPS) is 19.2. The van der Waals surface area contributed by atoms with Gasteiger partial charge in [0.05, 0.1) is 30.9 Å². The molecule has 2 aromatic heterocycles. The molecule has 76 heavy (non-hydrogen) atoms. The van der Waals surface area contributed by atoms with Crippen molar-refractivity contribution in [2.24, 2.45) is 13.0 Å². The van der Waals surface area contributed by atoms with Gasteiger partial charge in [0.15, 0.2) is 5.82 Å². The molecule has 0 saturated carbocycles. The van der Waals surface area contributed by atoms with E-state index in [2.05, 4.69) is 69.9 Å². The number of piperidine rings is 3. The van der Waals surface area contributed by atoms with Crippen LogP contribution in [0.3, 0.4) is 0 Å². The number of anilines is 6. The summed E-state index contributed by atoms with van der Waals surface area (Å²) < 4.78 is 21.5. The molecule has 11 rings (SSSR count). The number of rotatable bonds is 14. The van der Waals surface area contributed by atoms with E-state index in [0.717, 1.165) is 124 Å². The Morgan fingerprint density at radius 2 is 1.54 bits per heavy atom. The molecule has 0 aliphatic carbocycles. The molecule has 0 spiro atoms. The summed E-state index contributed by atoms with van der Waals surface area (Å²) in [4.78, 5) is 58.8. The van der Waals surface area contributed by atoms with Crippen molar-refractivity contribution in [2.75, 3.05) is 99.8 Å². The van der Waals surface area contributed by atoms with Gasteiger partial charge >= 0.3 is 0 Å². The molecular weight excluding hydrogens is 999 g/mol. The molecule has 19 heteroatoms. The summed E-state index contributed by atoms with van der Waals surface area (Å²) in [7, 11) is 0.871. The van der Waals surface area contributed by atoms with E-state index in [1.807, 2.05) is 78.7 Å². The molecule has 17 nitrogen and oxygen atoms in total. The number of aromatic nitrogens is 4. The number of methoxy groups -OCH3 is 1. The van der Waals surface area contributed by atoms with Crippen LogP contribution in [0.15, 0.2) is 97.5 Å². The summed E-state index contributed by atoms with van der Waals surface area (Å²) in [5.74, 6) is 1.21. The zero-order valence-corrected chi connectivity index (χ0v) is 45.3. The summed E-state index contributed by atoms with van der Waals surface area (Å²) in [6, 6.07) is 26.2. The lowest BCUT2D eigenvalue weighted by atomic mass is 9.95. The number of imide groups is 1. The highest BCUT2D eigenvalue weighted by atomic mass is 35.5. The lowest BCUT2D eigenvalue weighted by Crippen LogP contribution is -2.54. The Labute approximate surface area is 449 Å². The average molecular weight is 1070 g/mol. The van der Waals surface area contributed by atoms with Gasteiger partial charge in [-0.2, -0.15) is 10.1 Å². The summed E-state index contributed by atoms with van der Waals surface area (Å²) >= 11 is 6.73. The molecule has 5 aliphatic rings. The fourth-order valence-corrected chi connectivity index (χ4v) is 13.1. The monoisotopic (exact) mass is 1060 g/mol. The topological polar surface area (TPSA) is 173 Å². The van der Waals surface area contributed by atoms with Crippen LogP contribution in [0, 0.1) is 5.92 Å². The van der Waals surface area contributed by atoms with E-state index in [0.29, 0.717) is 69.7 Å². The Morgan fingerprint density at radius 3 is 2.25 bits per heavy atom. The lowest BCUT2D eigenvalue weighted by Gasteiger charge is -2.44. The second kappa shape index (κ2) is 21.7. The lowest BCUT2D eigenvalue weighted by molar-refractivity contribution is -0.136. The molecule has 4 aromatic carbocycles. The molecule has 3 amide bonds. The number of nitrogens with zero attached hydrogens (tertiary/aromatic N) is 9. The maximum Gasteiger partial charge on any atom is 0.255 e. The van der Waals surface area contributed by atoms with Gasteiger partial charge in [0.2, 0.25) is 17.8 Å². The maximum atomic E-state index is 13.7. The van der Waals surface area contributed by atoms with E-state index in [-0.39, 0.29) is 24.1 Å². The number of ether oxygens (including phenoxy) is 1. The number of fused-ring (bicyclic) bond motifs is 1. The third-order valence-electron chi connectivity index (χ3n) is 16.0. The van der Waals surface area contributed by atoms with Crippen LogP contribution in [-0.2, 0) is 27.7 Å². The predicted octanol–water partition coefficient (Wildman–Crippen LogP) is 8.21. The first-order valence-electron chi connectivity index (χ1n) is 26.5. The third-order valence-corrected chi connectivity index (χ3v) is 17.8. The van der Waals surface area contributed by atoms with Crippen molar-refractivity contribution in [1.82, 2.24) is 39.8 Å². The van der Waals surface area contributed by atoms with Crippen LogP contribution in [-0.4, -0.2) is 144 Å². The minimum atomic E-state index is -2.73. The van der Waals surface area contributed by atoms with E-state index in [1.165, 1.54) is 0 Å². The fraction of sp³-hybridized carbons (Fsp3) is 0.404. The van der Waals surface area contributed by atoms with Gasteiger partial charge in [-0.1, -0.05) is 48.0 Å². The second-order valence-corrected chi connectivity index (χ2v) is 24.9. The smallest absolute Gasteiger partial charge is 0.255 e. The SMILES string of the molecule is COc1cc(N2CCC(N3CCN(CC4CCN(c5ccc6c(c5)CN(C5CCC(=O)NC5=O)C6=O)CC4)CC3)CC2)c(-c2cnn(C)c2)cc1Nc1ncc(Cl)c(Nc2ccc(-c3ccccc3)cc2P(C)(C)=O)n1. The van der Waals surface area contributed by atoms with Crippen LogP contribution in [0.2, 0.25) is 5.02 Å². The molecule has 396 valence electrons. The zero-order valence-electron chi connectivity index (χ0n) is 43.7. The van der Waals surface area contributed by atoms with Gasteiger partial charge in [-0.05, 0) is 104 Å². The number of carbonyl (C=O) groups is 3. The van der Waals surface area contributed by atoms with Crippen molar-refractivity contribution in [3.63, 3.8) is 0 Å². The number of piperazine rings is 1. The van der Waals surface area contributed by atoms with Crippen LogP contribution in [0.4, 0.5) is 34.5 Å². The second-order valence-electron chi connectivity index (χ2n) is 21.3. The number of aryl methyl sites for hydroxylation is 1. The molecule has 1 atom stereocenters. The van der Waals surface area contributed by atoms with E-state index < -0.39 is 13.2 Å². The van der Waals surface area contributed by atoms with Crippen LogP contribution in [0.25, 0.3) is 22.3 Å². The molecule has 0 bridgehead atoms. The summed E-state index contributed by atoms with van der Waals surface area (Å²) in [6.07, 6.45) is 10.5. The summed E-state index contributed by atoms with van der Waals surface area (Å²) in [5.41, 5.74) is 9.20. The Hall–Kier alpha value is -6.78. The minimum absolute atomic E-state index is 0.130. The maximum absolute atomic E-state index is 13.7. The van der Waals surface area contributed by atoms with Gasteiger partial charge in [0, 0.05) is 131 Å². The van der Waals surface area contributed by atoms with Gasteiger partial charge in [0.1, 0.15) is 24.0 Å². The fourth-order valence-electron chi connectivity index (χ4n) is 11.8. The van der Waals surface area contributed by atoms with Gasteiger partial charge in [0.25, 0.3) is 5.91 Å². The highest BCUT2D eigenvalue weighted by molar-refractivity contribution is 7.70. The van der Waals surface area contributed by atoms with Gasteiger partial charge < -0.3 is 39.5 Å². The van der Waals surface area contributed by atoms with Crippen molar-refractivity contribution in [3.8, 4) is 28.0 Å². The minimum Gasteiger partial charge on any atom is -0.494 e. The van der Waals surface area contributed by atoms with E-state index in [1.54, 1.807) is 31.5 Å². The van der Waals surface area contributed by atoms with E-state index >= 15 is 0 Å². The predicted molar refractivity (Wildman–Crippen MR) is 300 cm³/mol. The molecule has 0 radical (unpaired) electrons. The van der Waals surface area contributed by atoms with Crippen molar-refractivity contribution in [3.05, 3.63) is 114 Å². The highest BCUT2D eigenvalue weighted by Gasteiger charge is 2.40. The van der Waals surface area contributed by atoms with Gasteiger partial charge in [-0.3, -0.25) is 29.3 Å². The van der Waals surface area contributed by atoms with Crippen molar-refractivity contribution >= 4 is 76.3 Å². The van der Waals surface area contributed by atoms with Crippen LogP contribution >= 0.6 is 18.7 Å². The number of amides is 3. The Kier molecular flexibility index (Phi) is 14.6. The Morgan fingerprint density at radius 1 is 0.776 bits per heavy atom. The third kappa shape index (κ3) is 10.9. The van der Waals surface area contributed by atoms with Crippen molar-refractivity contribution in [1.29, 1.82) is 0 Å². The first kappa shape index (κ1) is 51.3. The molecule has 7 heterocycles. The standard InChI is InChI=1S/C57H66ClN12O5P/c1-65-35-41(32-60-65)45-30-48(62-57-59-33-46(58)54(64-57)61-47-13-10-39(29-52(47)76(3,4)74)38-8-6-5-7-9-38)51(75-2)31-50(45)69-22-18-42(19-23-69)68-26-24-66(25-27-68)34-37-16-20-67(21-17-37)43-11-12-44-40(28-43)36-70(56(44)73)49-14-15-53(71)63-55(49)72/h5-13,28-33,35,37,42,49H,14-27,34,36H2,1-4H3,(H,63,71,72)(H2,59,61,62,64). The molecule has 4 fully saturated rings. The van der Waals surface area contributed by atoms with E-state index in [4.69, 9.17) is 21.3 Å². The number of hydrogen-bond acceptors (Lipinski definition) is 14. The number of nitrogens with one attached hydrogen (secondary N) is 3. The molecule has 4 saturated heterocycles. The van der Waals surface area contributed by atoms with Crippen LogP contribution in [0.1, 0.15) is 54.4 Å². The number of hydrogen-bond donors (Lipinski definition) is 3. The van der Waals surface area contributed by atoms with Crippen molar-refractivity contribution < 1.29 is 23.7 Å². The van der Waals surface area contributed by atoms with E-state index in [9.17, 15) is 18.9 Å². The zero-order chi connectivity index (χ0) is 52.7. The molecule has 1 unspecified atom stereocenters. The number of halogens is 1. The van der Waals surface area contributed by atoms with Crippen LogP contribution in [0.5, 0.6) is 5.75 Å². The number of benzene rings is 4. The average Bonchev–Trinajstić information content (AvgIpc) is 4.02. The largest absolute Gasteiger partial charge is 0.494 e. The summed E-state index contributed by atoms with van der Waals surface area (Å²) in [5, 5.41) is 14.7. The van der Waals surface area contributed by atoms with Gasteiger partial charge in [-0.15, -0.1) is 0 Å². The quantitative estimate of drug-likeness (QED) is 0.0704. The first-order chi connectivity index (χ1) is 36.7. The Balaban J connectivity index is 0.696. The highest BCUT2D eigenvalue weighted by Crippen LogP contribution is 2.43. The Bertz CT molecular complexity index is 3200. The van der Waals surface area contributed by atoms with Gasteiger partial charge in [-0.25, -0.2) is 4.98 Å². The summed E-state index contributed by atoms with van der Waals surface area (Å²) in [6.45, 7) is 13.1. The molecule has 5 aliphatic heterocycles. The molecule has 3 N–H and O–H groups in total. The first-order valence-corrected chi connectivity index (χ1v) is 29.5. The van der Waals surface area contributed by atoms with Crippen LogP contribution < -0.4 is 35.8 Å². The molecule has 6 aromatic rings.